The summed E-state index contributed by atoms with van der Waals surface area (Å²) in [4.78, 5) is 1.61. The number of rotatable bonds is 2. The van der Waals surface area contributed by atoms with Crippen molar-refractivity contribution in [3.8, 4) is 0 Å². The number of benzene rings is 1. The van der Waals surface area contributed by atoms with Crippen molar-refractivity contribution in [1.29, 1.82) is 0 Å². The van der Waals surface area contributed by atoms with Gasteiger partial charge in [-0.2, -0.15) is 0 Å². The Bertz CT molecular complexity index is 303. The van der Waals surface area contributed by atoms with E-state index in [2.05, 4.69) is 0 Å². The zero-order valence-corrected chi connectivity index (χ0v) is 8.61. The van der Waals surface area contributed by atoms with Crippen LogP contribution in [0.5, 0.6) is 0 Å². The lowest BCUT2D eigenvalue weighted by Gasteiger charge is -2.24. The monoisotopic (exact) mass is 212 g/mol. The van der Waals surface area contributed by atoms with Gasteiger partial charge in [-0.25, -0.2) is 0 Å². The summed E-state index contributed by atoms with van der Waals surface area (Å²) in [6.45, 7) is 2.45. The summed E-state index contributed by atoms with van der Waals surface area (Å²) in [6.07, 6.45) is 0. The summed E-state index contributed by atoms with van der Waals surface area (Å²) in [7, 11) is 0. The summed E-state index contributed by atoms with van der Waals surface area (Å²) in [5.41, 5.74) is 0.827. The van der Waals surface area contributed by atoms with Gasteiger partial charge in [-0.15, -0.1) is 5.23 Å². The number of thiocarbonyl (C=S) groups is 1. The van der Waals surface area contributed by atoms with Gasteiger partial charge < -0.3 is 4.90 Å². The second-order valence-corrected chi connectivity index (χ2v) is 3.02. The first-order valence-corrected chi connectivity index (χ1v) is 4.62. The minimum Gasteiger partial charge on any atom is -0.315 e. The van der Waals surface area contributed by atoms with Crippen LogP contribution < -0.4 is 4.90 Å². The summed E-state index contributed by atoms with van der Waals surface area (Å²) >= 11 is 4.83. The van der Waals surface area contributed by atoms with E-state index in [4.69, 9.17) is 22.6 Å². The molecule has 4 nitrogen and oxygen atoms in total. The highest BCUT2D eigenvalue weighted by atomic mass is 32.1. The molecule has 14 heavy (non-hydrogen) atoms. The number of hydroxylamine groups is 2. The molecule has 1 aromatic rings. The fourth-order valence-electron chi connectivity index (χ4n) is 1.14. The number of hydrogen-bond acceptors (Lipinski definition) is 3. The maximum atomic E-state index is 8.79. The molecule has 0 fully saturated rings. The number of hydrogen-bond donors (Lipinski definition) is 2. The topological polar surface area (TPSA) is 46.9 Å². The smallest absolute Gasteiger partial charge is 0.229 e. The fourth-order valence-corrected chi connectivity index (χ4v) is 1.38. The van der Waals surface area contributed by atoms with Crippen molar-refractivity contribution >= 4 is 23.0 Å². The molecular weight excluding hydrogens is 200 g/mol. The molecule has 76 valence electrons. The largest absolute Gasteiger partial charge is 0.315 e. The summed E-state index contributed by atoms with van der Waals surface area (Å²) in [5.74, 6) is 0. The van der Waals surface area contributed by atoms with Crippen molar-refractivity contribution in [3.63, 3.8) is 0 Å². The Morgan fingerprint density at radius 2 is 1.86 bits per heavy atom. The van der Waals surface area contributed by atoms with Crippen LogP contribution in [0.3, 0.4) is 0 Å². The Hall–Kier alpha value is -1.17. The van der Waals surface area contributed by atoms with Crippen LogP contribution >= 0.6 is 12.2 Å². The van der Waals surface area contributed by atoms with Gasteiger partial charge in [-0.1, -0.05) is 18.2 Å². The Balaban J connectivity index is 2.88. The van der Waals surface area contributed by atoms with Crippen LogP contribution in [0.25, 0.3) is 0 Å². The fraction of sp³-hybridized carbons (Fsp3) is 0.222. The number of anilines is 1. The maximum Gasteiger partial charge on any atom is 0.229 e. The van der Waals surface area contributed by atoms with Gasteiger partial charge in [0.05, 0.1) is 0 Å². The van der Waals surface area contributed by atoms with E-state index in [-0.39, 0.29) is 10.3 Å². The van der Waals surface area contributed by atoms with Crippen LogP contribution in [0.4, 0.5) is 5.69 Å². The average molecular weight is 212 g/mol. The lowest BCUT2D eigenvalue weighted by molar-refractivity contribution is -0.243. The molecule has 0 aromatic heterocycles. The van der Waals surface area contributed by atoms with Crippen molar-refractivity contribution in [1.82, 2.24) is 5.23 Å². The van der Waals surface area contributed by atoms with Crippen LogP contribution in [-0.4, -0.2) is 27.3 Å². The molecule has 0 spiro atoms. The highest BCUT2D eigenvalue weighted by molar-refractivity contribution is 7.80. The molecule has 0 saturated heterocycles. The van der Waals surface area contributed by atoms with Gasteiger partial charge in [0, 0.05) is 12.2 Å². The first-order chi connectivity index (χ1) is 6.66. The van der Waals surface area contributed by atoms with Gasteiger partial charge in [-0.05, 0) is 31.3 Å². The van der Waals surface area contributed by atoms with E-state index in [0.717, 1.165) is 5.69 Å². The molecule has 1 aromatic carbocycles. The zero-order valence-electron chi connectivity index (χ0n) is 7.79. The summed E-state index contributed by atoms with van der Waals surface area (Å²) in [6, 6.07) is 9.30. The Morgan fingerprint density at radius 3 is 2.29 bits per heavy atom. The SMILES string of the molecule is CCN(C(=S)N(O)O)c1ccccc1. The normalized spacial score (nSPS) is 9.64. The van der Waals surface area contributed by atoms with E-state index in [9.17, 15) is 0 Å². The molecule has 0 radical (unpaired) electrons. The summed E-state index contributed by atoms with van der Waals surface area (Å²) < 4.78 is 0. The summed E-state index contributed by atoms with van der Waals surface area (Å²) in [5, 5.41) is 17.5. The van der Waals surface area contributed by atoms with Crippen molar-refractivity contribution in [2.75, 3.05) is 11.4 Å². The molecular formula is C9H12N2O2S. The van der Waals surface area contributed by atoms with Gasteiger partial charge >= 0.3 is 0 Å². The molecule has 0 aliphatic heterocycles. The van der Waals surface area contributed by atoms with Crippen LogP contribution in [0, 0.1) is 0 Å². The van der Waals surface area contributed by atoms with E-state index in [1.807, 2.05) is 37.3 Å². The van der Waals surface area contributed by atoms with Crippen LogP contribution in [0.2, 0.25) is 0 Å². The van der Waals surface area contributed by atoms with Gasteiger partial charge in [0.15, 0.2) is 0 Å². The molecule has 0 saturated carbocycles. The van der Waals surface area contributed by atoms with Gasteiger partial charge in [0.25, 0.3) is 0 Å². The van der Waals surface area contributed by atoms with Gasteiger partial charge in [0.1, 0.15) is 0 Å². The third-order valence-corrected chi connectivity index (χ3v) is 2.17. The quantitative estimate of drug-likeness (QED) is 0.579. The molecule has 0 bridgehead atoms. The van der Waals surface area contributed by atoms with E-state index >= 15 is 0 Å². The predicted molar refractivity (Wildman–Crippen MR) is 57.5 cm³/mol. The molecule has 0 unspecified atom stereocenters. The molecule has 5 heteroatoms. The lowest BCUT2D eigenvalue weighted by atomic mass is 10.3. The van der Waals surface area contributed by atoms with Crippen LogP contribution in [0.1, 0.15) is 6.92 Å². The Kier molecular flexibility index (Phi) is 3.82. The first kappa shape index (κ1) is 10.9. The molecule has 1 rings (SSSR count). The van der Waals surface area contributed by atoms with Crippen LogP contribution in [0.15, 0.2) is 30.3 Å². The van der Waals surface area contributed by atoms with E-state index in [1.165, 1.54) is 0 Å². The number of nitrogens with zero attached hydrogens (tertiary/aromatic N) is 2. The molecule has 0 heterocycles. The molecule has 0 atom stereocenters. The maximum absolute atomic E-state index is 8.79. The molecule has 0 aliphatic rings. The van der Waals surface area contributed by atoms with Crippen molar-refractivity contribution in [2.45, 2.75) is 6.92 Å². The van der Waals surface area contributed by atoms with E-state index in [0.29, 0.717) is 6.54 Å². The minimum atomic E-state index is -0.0498. The second-order valence-electron chi connectivity index (χ2n) is 2.65. The van der Waals surface area contributed by atoms with Crippen LogP contribution in [-0.2, 0) is 0 Å². The minimum absolute atomic E-state index is 0.0429. The van der Waals surface area contributed by atoms with Gasteiger partial charge in [-0.3, -0.25) is 10.4 Å². The molecule has 0 amide bonds. The Morgan fingerprint density at radius 1 is 1.29 bits per heavy atom. The van der Waals surface area contributed by atoms with Crippen molar-refractivity contribution < 1.29 is 10.4 Å². The highest BCUT2D eigenvalue weighted by Gasteiger charge is 2.13. The standard InChI is InChI=1S/C9H12N2O2S/c1-2-10(9(14)11(12)13)8-6-4-3-5-7-8/h3-7,12-13H,2H2,1H3. The van der Waals surface area contributed by atoms with E-state index in [1.54, 1.807) is 4.90 Å². The Labute approximate surface area is 87.9 Å². The average Bonchev–Trinajstić information content (AvgIpc) is 2.20. The molecule has 2 N–H and O–H groups in total. The first-order valence-electron chi connectivity index (χ1n) is 4.21. The third kappa shape index (κ3) is 2.41. The predicted octanol–water partition coefficient (Wildman–Crippen LogP) is 1.88. The van der Waals surface area contributed by atoms with Crippen molar-refractivity contribution in [3.05, 3.63) is 30.3 Å². The highest BCUT2D eigenvalue weighted by Crippen LogP contribution is 2.13. The third-order valence-electron chi connectivity index (χ3n) is 1.79. The zero-order chi connectivity index (χ0) is 10.6. The van der Waals surface area contributed by atoms with E-state index < -0.39 is 0 Å². The van der Waals surface area contributed by atoms with Gasteiger partial charge in [0.2, 0.25) is 5.11 Å². The number of para-hydroxylation sites is 1. The second kappa shape index (κ2) is 4.90. The van der Waals surface area contributed by atoms with Crippen molar-refractivity contribution in [2.24, 2.45) is 0 Å². The lowest BCUT2D eigenvalue weighted by Crippen LogP contribution is -2.39. The molecule has 0 aliphatic carbocycles.